The highest BCUT2D eigenvalue weighted by Crippen LogP contribution is 2.27. The van der Waals surface area contributed by atoms with Gasteiger partial charge in [0.1, 0.15) is 9.84 Å². The first-order valence-electron chi connectivity index (χ1n) is 7.62. The van der Waals surface area contributed by atoms with Gasteiger partial charge >= 0.3 is 0 Å². The van der Waals surface area contributed by atoms with Crippen molar-refractivity contribution in [1.82, 2.24) is 10.2 Å². The molecule has 2 atom stereocenters. The SMILES string of the molecule is CCC1NC(CC(C)C)N(C2CCS(=O)(=O)CC2)C1=O. The maximum atomic E-state index is 12.5. The molecule has 20 heavy (non-hydrogen) atoms. The average Bonchev–Trinajstić information content (AvgIpc) is 2.65. The number of carbonyl (C=O) groups is 1. The maximum Gasteiger partial charge on any atom is 0.241 e. The van der Waals surface area contributed by atoms with Crippen LogP contribution in [0, 0.1) is 5.92 Å². The van der Waals surface area contributed by atoms with E-state index in [0.717, 1.165) is 12.8 Å². The predicted molar refractivity (Wildman–Crippen MR) is 79.0 cm³/mol. The van der Waals surface area contributed by atoms with E-state index in [1.54, 1.807) is 0 Å². The molecule has 0 aromatic heterocycles. The van der Waals surface area contributed by atoms with E-state index in [1.165, 1.54) is 0 Å². The summed E-state index contributed by atoms with van der Waals surface area (Å²) in [5.74, 6) is 1.09. The second-order valence-electron chi connectivity index (χ2n) is 6.40. The van der Waals surface area contributed by atoms with E-state index in [9.17, 15) is 13.2 Å². The second kappa shape index (κ2) is 6.02. The van der Waals surface area contributed by atoms with Crippen molar-refractivity contribution in [2.24, 2.45) is 5.92 Å². The molecule has 2 heterocycles. The van der Waals surface area contributed by atoms with Crippen molar-refractivity contribution >= 4 is 15.7 Å². The van der Waals surface area contributed by atoms with Crippen LogP contribution in [-0.4, -0.2) is 49.0 Å². The summed E-state index contributed by atoms with van der Waals surface area (Å²) in [4.78, 5) is 14.5. The molecular weight excluding hydrogens is 276 g/mol. The van der Waals surface area contributed by atoms with Crippen molar-refractivity contribution in [2.45, 2.75) is 64.7 Å². The van der Waals surface area contributed by atoms with Gasteiger partial charge in [-0.25, -0.2) is 8.42 Å². The van der Waals surface area contributed by atoms with E-state index in [-0.39, 0.29) is 35.7 Å². The molecule has 6 heteroatoms. The zero-order valence-electron chi connectivity index (χ0n) is 12.6. The molecule has 0 saturated carbocycles. The Kier molecular flexibility index (Phi) is 4.74. The van der Waals surface area contributed by atoms with Crippen molar-refractivity contribution in [3.8, 4) is 0 Å². The topological polar surface area (TPSA) is 66.5 Å². The van der Waals surface area contributed by atoms with E-state index in [1.807, 2.05) is 11.8 Å². The molecule has 1 N–H and O–H groups in total. The first-order chi connectivity index (χ1) is 9.34. The van der Waals surface area contributed by atoms with Crippen LogP contribution in [0.5, 0.6) is 0 Å². The van der Waals surface area contributed by atoms with Gasteiger partial charge in [0, 0.05) is 6.04 Å². The second-order valence-corrected chi connectivity index (χ2v) is 8.70. The smallest absolute Gasteiger partial charge is 0.241 e. The van der Waals surface area contributed by atoms with Crippen molar-refractivity contribution in [1.29, 1.82) is 0 Å². The Morgan fingerprint density at radius 2 is 1.90 bits per heavy atom. The number of nitrogens with one attached hydrogen (secondary N) is 1. The van der Waals surface area contributed by atoms with E-state index >= 15 is 0 Å². The monoisotopic (exact) mass is 302 g/mol. The Morgan fingerprint density at radius 1 is 1.30 bits per heavy atom. The van der Waals surface area contributed by atoms with Crippen molar-refractivity contribution in [3.05, 3.63) is 0 Å². The van der Waals surface area contributed by atoms with Gasteiger partial charge in [-0.05, 0) is 31.6 Å². The van der Waals surface area contributed by atoms with E-state index in [4.69, 9.17) is 0 Å². The van der Waals surface area contributed by atoms with Gasteiger partial charge in [0.05, 0.1) is 23.7 Å². The van der Waals surface area contributed by atoms with Crippen LogP contribution >= 0.6 is 0 Å². The van der Waals surface area contributed by atoms with Crippen LogP contribution < -0.4 is 5.32 Å². The van der Waals surface area contributed by atoms with Crippen LogP contribution in [0.4, 0.5) is 0 Å². The number of carbonyl (C=O) groups excluding carboxylic acids is 1. The maximum absolute atomic E-state index is 12.5. The molecule has 2 fully saturated rings. The summed E-state index contributed by atoms with van der Waals surface area (Å²) in [5, 5.41) is 3.42. The van der Waals surface area contributed by atoms with Crippen LogP contribution in [-0.2, 0) is 14.6 Å². The van der Waals surface area contributed by atoms with Crippen LogP contribution in [0.1, 0.15) is 46.5 Å². The molecule has 0 aromatic carbocycles. The number of amides is 1. The molecule has 116 valence electrons. The van der Waals surface area contributed by atoms with Gasteiger partial charge in [0.2, 0.25) is 5.91 Å². The highest BCUT2D eigenvalue weighted by molar-refractivity contribution is 7.91. The van der Waals surface area contributed by atoms with E-state index in [0.29, 0.717) is 18.8 Å². The fourth-order valence-corrected chi connectivity index (χ4v) is 4.69. The summed E-state index contributed by atoms with van der Waals surface area (Å²) < 4.78 is 23.1. The quantitative estimate of drug-likeness (QED) is 0.846. The lowest BCUT2D eigenvalue weighted by atomic mass is 10.0. The Bertz CT molecular complexity index is 447. The Morgan fingerprint density at radius 3 is 2.40 bits per heavy atom. The zero-order valence-corrected chi connectivity index (χ0v) is 13.4. The lowest BCUT2D eigenvalue weighted by Gasteiger charge is -2.35. The summed E-state index contributed by atoms with van der Waals surface area (Å²) >= 11 is 0. The zero-order chi connectivity index (χ0) is 14.9. The van der Waals surface area contributed by atoms with Gasteiger partial charge in [-0.1, -0.05) is 20.8 Å². The summed E-state index contributed by atoms with van der Waals surface area (Å²) in [6, 6.07) is -0.0175. The minimum atomic E-state index is -2.88. The molecule has 0 spiro atoms. The summed E-state index contributed by atoms with van der Waals surface area (Å²) in [7, 11) is -2.88. The third kappa shape index (κ3) is 3.34. The highest BCUT2D eigenvalue weighted by atomic mass is 32.2. The summed E-state index contributed by atoms with van der Waals surface area (Å²) in [5.41, 5.74) is 0. The standard InChI is InChI=1S/C14H26N2O3S/c1-4-12-14(17)16(13(15-12)9-10(2)3)11-5-7-20(18,19)8-6-11/h10-13,15H,4-9H2,1-3H3. The first-order valence-corrected chi connectivity index (χ1v) is 9.45. The molecule has 2 aliphatic heterocycles. The van der Waals surface area contributed by atoms with Crippen LogP contribution in [0.25, 0.3) is 0 Å². The van der Waals surface area contributed by atoms with Crippen LogP contribution in [0.15, 0.2) is 0 Å². The molecule has 0 aromatic rings. The number of sulfone groups is 1. The lowest BCUT2D eigenvalue weighted by molar-refractivity contribution is -0.132. The lowest BCUT2D eigenvalue weighted by Crippen LogP contribution is -2.48. The van der Waals surface area contributed by atoms with Gasteiger partial charge < -0.3 is 4.90 Å². The Hall–Kier alpha value is -0.620. The third-order valence-corrected chi connectivity index (χ3v) is 6.02. The number of hydrogen-bond acceptors (Lipinski definition) is 4. The number of hydrogen-bond donors (Lipinski definition) is 1. The van der Waals surface area contributed by atoms with Gasteiger partial charge in [-0.3, -0.25) is 10.1 Å². The Labute approximate surface area is 122 Å². The van der Waals surface area contributed by atoms with Gasteiger partial charge in [0.15, 0.2) is 0 Å². The predicted octanol–water partition coefficient (Wildman–Crippen LogP) is 1.15. The molecule has 0 aliphatic carbocycles. The van der Waals surface area contributed by atoms with Crippen LogP contribution in [0.2, 0.25) is 0 Å². The highest BCUT2D eigenvalue weighted by Gasteiger charge is 2.43. The molecule has 2 aliphatic rings. The largest absolute Gasteiger partial charge is 0.323 e. The summed E-state index contributed by atoms with van der Waals surface area (Å²) in [6.07, 6.45) is 2.94. The molecule has 5 nitrogen and oxygen atoms in total. The molecule has 2 rings (SSSR count). The van der Waals surface area contributed by atoms with E-state index in [2.05, 4.69) is 19.2 Å². The van der Waals surface area contributed by atoms with Crippen molar-refractivity contribution < 1.29 is 13.2 Å². The molecule has 0 radical (unpaired) electrons. The van der Waals surface area contributed by atoms with Crippen molar-refractivity contribution in [3.63, 3.8) is 0 Å². The molecular formula is C14H26N2O3S. The molecule has 1 amide bonds. The third-order valence-electron chi connectivity index (χ3n) is 4.30. The van der Waals surface area contributed by atoms with Gasteiger partial charge in [-0.15, -0.1) is 0 Å². The van der Waals surface area contributed by atoms with Crippen LogP contribution in [0.3, 0.4) is 0 Å². The van der Waals surface area contributed by atoms with Crippen molar-refractivity contribution in [2.75, 3.05) is 11.5 Å². The minimum Gasteiger partial charge on any atom is -0.323 e. The first kappa shape index (κ1) is 15.8. The van der Waals surface area contributed by atoms with Gasteiger partial charge in [0.25, 0.3) is 0 Å². The molecule has 2 unspecified atom stereocenters. The normalized spacial score (nSPS) is 31.2. The van der Waals surface area contributed by atoms with Gasteiger partial charge in [-0.2, -0.15) is 0 Å². The number of nitrogens with zero attached hydrogens (tertiary/aromatic N) is 1. The minimum absolute atomic E-state index is 0.0678. The van der Waals surface area contributed by atoms with E-state index < -0.39 is 9.84 Å². The Balaban J connectivity index is 2.11. The fourth-order valence-electron chi connectivity index (χ4n) is 3.23. The molecule has 0 bridgehead atoms. The number of rotatable bonds is 4. The molecule has 2 saturated heterocycles. The fraction of sp³-hybridized carbons (Fsp3) is 0.929. The summed E-state index contributed by atoms with van der Waals surface area (Å²) in [6.45, 7) is 6.31. The average molecular weight is 302 g/mol.